The Hall–Kier alpha value is -3.57. The SMILES string of the molecule is CCN(CC)S(=O)(=O)c1ccc(C(=O)NCC(=O)OCc2cc(=O)n3c(C)cccc3n2)cc1. The van der Waals surface area contributed by atoms with Crippen molar-refractivity contribution in [3.05, 3.63) is 75.8 Å². The monoisotopic (exact) mass is 486 g/mol. The van der Waals surface area contributed by atoms with E-state index in [9.17, 15) is 22.8 Å². The highest BCUT2D eigenvalue weighted by Crippen LogP contribution is 2.16. The Morgan fingerprint density at radius 1 is 1.09 bits per heavy atom. The lowest BCUT2D eigenvalue weighted by molar-refractivity contribution is -0.143. The summed E-state index contributed by atoms with van der Waals surface area (Å²) in [5, 5.41) is 2.43. The molecular weight excluding hydrogens is 460 g/mol. The fraction of sp³-hybridized carbons (Fsp3) is 0.304. The van der Waals surface area contributed by atoms with Crippen molar-refractivity contribution in [3.63, 3.8) is 0 Å². The van der Waals surface area contributed by atoms with Crippen LogP contribution in [0.3, 0.4) is 0 Å². The van der Waals surface area contributed by atoms with Gasteiger partial charge in [-0.3, -0.25) is 18.8 Å². The molecule has 3 aromatic rings. The fourth-order valence-electron chi connectivity index (χ4n) is 3.39. The molecule has 2 aromatic heterocycles. The van der Waals surface area contributed by atoms with E-state index in [4.69, 9.17) is 4.74 Å². The van der Waals surface area contributed by atoms with Crippen molar-refractivity contribution in [1.29, 1.82) is 0 Å². The van der Waals surface area contributed by atoms with Crippen LogP contribution in [0, 0.1) is 6.92 Å². The van der Waals surface area contributed by atoms with Gasteiger partial charge in [-0.15, -0.1) is 0 Å². The number of benzene rings is 1. The number of nitrogens with one attached hydrogen (secondary N) is 1. The first-order valence-corrected chi connectivity index (χ1v) is 12.1. The Morgan fingerprint density at radius 3 is 2.41 bits per heavy atom. The van der Waals surface area contributed by atoms with Gasteiger partial charge in [0, 0.05) is 30.4 Å². The summed E-state index contributed by atoms with van der Waals surface area (Å²) in [6.45, 7) is 5.35. The van der Waals surface area contributed by atoms with Crippen LogP contribution in [0.25, 0.3) is 5.65 Å². The summed E-state index contributed by atoms with van der Waals surface area (Å²) >= 11 is 0. The first-order chi connectivity index (χ1) is 16.2. The topological polar surface area (TPSA) is 127 Å². The molecule has 1 aromatic carbocycles. The van der Waals surface area contributed by atoms with Crippen LogP contribution in [0.2, 0.25) is 0 Å². The second-order valence-electron chi connectivity index (χ2n) is 7.40. The van der Waals surface area contributed by atoms with Crippen LogP contribution in [-0.4, -0.2) is 53.6 Å². The number of pyridine rings is 1. The minimum absolute atomic E-state index is 0.0844. The summed E-state index contributed by atoms with van der Waals surface area (Å²) < 4.78 is 32.9. The maximum absolute atomic E-state index is 12.5. The maximum Gasteiger partial charge on any atom is 0.325 e. The molecule has 1 amide bonds. The van der Waals surface area contributed by atoms with E-state index in [0.29, 0.717) is 24.4 Å². The molecule has 0 atom stereocenters. The summed E-state index contributed by atoms with van der Waals surface area (Å²) in [4.78, 5) is 41.0. The minimum atomic E-state index is -3.62. The Morgan fingerprint density at radius 2 is 1.76 bits per heavy atom. The number of ether oxygens (including phenoxy) is 1. The third-order valence-corrected chi connectivity index (χ3v) is 7.23. The lowest BCUT2D eigenvalue weighted by atomic mass is 10.2. The van der Waals surface area contributed by atoms with E-state index in [0.717, 1.165) is 5.69 Å². The molecule has 11 heteroatoms. The van der Waals surface area contributed by atoms with Gasteiger partial charge in [0.15, 0.2) is 0 Å². The normalized spacial score (nSPS) is 11.5. The smallest absolute Gasteiger partial charge is 0.325 e. The van der Waals surface area contributed by atoms with Crippen LogP contribution in [0.5, 0.6) is 0 Å². The molecule has 0 aliphatic carbocycles. The lowest BCUT2D eigenvalue weighted by Crippen LogP contribution is -2.31. The van der Waals surface area contributed by atoms with Crippen LogP contribution in [0.1, 0.15) is 35.6 Å². The Bertz CT molecular complexity index is 1360. The van der Waals surface area contributed by atoms with Gasteiger partial charge in [-0.2, -0.15) is 4.31 Å². The zero-order valence-electron chi connectivity index (χ0n) is 19.1. The highest BCUT2D eigenvalue weighted by atomic mass is 32.2. The number of hydrogen-bond donors (Lipinski definition) is 1. The number of aryl methyl sites for hydroxylation is 1. The van der Waals surface area contributed by atoms with Gasteiger partial charge >= 0.3 is 5.97 Å². The van der Waals surface area contributed by atoms with Crippen molar-refractivity contribution in [3.8, 4) is 0 Å². The van der Waals surface area contributed by atoms with Crippen molar-refractivity contribution in [2.75, 3.05) is 19.6 Å². The minimum Gasteiger partial charge on any atom is -0.458 e. The van der Waals surface area contributed by atoms with Gasteiger partial charge in [-0.1, -0.05) is 19.9 Å². The summed E-state index contributed by atoms with van der Waals surface area (Å²) in [6.07, 6.45) is 0. The zero-order chi connectivity index (χ0) is 24.9. The number of hydrogen-bond acceptors (Lipinski definition) is 7. The number of aromatic nitrogens is 2. The van der Waals surface area contributed by atoms with Gasteiger partial charge in [0.2, 0.25) is 10.0 Å². The molecule has 0 bridgehead atoms. The molecule has 10 nitrogen and oxygen atoms in total. The van der Waals surface area contributed by atoms with E-state index in [2.05, 4.69) is 10.3 Å². The summed E-state index contributed by atoms with van der Waals surface area (Å²) in [6, 6.07) is 12.0. The molecule has 0 spiro atoms. The molecule has 0 aliphatic rings. The standard InChI is InChI=1S/C23H26N4O6S/c1-4-26(5-2)34(31,32)19-11-9-17(10-12-19)23(30)24-14-22(29)33-15-18-13-21(28)27-16(3)7-6-8-20(27)25-18/h6-13H,4-5,14-15H2,1-3H3,(H,24,30). The number of carbonyl (C=O) groups excluding carboxylic acids is 2. The Kier molecular flexibility index (Phi) is 7.79. The van der Waals surface area contributed by atoms with Gasteiger partial charge in [0.1, 0.15) is 18.8 Å². The lowest BCUT2D eigenvalue weighted by Gasteiger charge is -2.18. The van der Waals surface area contributed by atoms with Crippen molar-refractivity contribution in [2.24, 2.45) is 0 Å². The van der Waals surface area contributed by atoms with Gasteiger partial charge < -0.3 is 10.1 Å². The molecule has 3 rings (SSSR count). The largest absolute Gasteiger partial charge is 0.458 e. The van der Waals surface area contributed by atoms with E-state index in [1.54, 1.807) is 39.0 Å². The number of amides is 1. The molecule has 2 heterocycles. The molecule has 0 saturated heterocycles. The molecule has 0 saturated carbocycles. The molecule has 0 aliphatic heterocycles. The van der Waals surface area contributed by atoms with Gasteiger partial charge in [-0.05, 0) is 43.3 Å². The maximum atomic E-state index is 12.5. The number of nitrogens with zero attached hydrogens (tertiary/aromatic N) is 3. The van der Waals surface area contributed by atoms with E-state index >= 15 is 0 Å². The number of carbonyl (C=O) groups is 2. The van der Waals surface area contributed by atoms with Crippen molar-refractivity contribution < 1.29 is 22.7 Å². The number of sulfonamides is 1. The molecule has 34 heavy (non-hydrogen) atoms. The summed E-state index contributed by atoms with van der Waals surface area (Å²) in [5.74, 6) is -1.26. The van der Waals surface area contributed by atoms with Crippen molar-refractivity contribution in [1.82, 2.24) is 19.0 Å². The molecule has 0 unspecified atom stereocenters. The summed E-state index contributed by atoms with van der Waals surface area (Å²) in [5.41, 5.74) is 1.39. The van der Waals surface area contributed by atoms with E-state index < -0.39 is 28.4 Å². The molecule has 1 N–H and O–H groups in total. The molecule has 180 valence electrons. The fourth-order valence-corrected chi connectivity index (χ4v) is 4.85. The van der Waals surface area contributed by atoms with Crippen LogP contribution >= 0.6 is 0 Å². The highest BCUT2D eigenvalue weighted by molar-refractivity contribution is 7.89. The number of rotatable bonds is 9. The van der Waals surface area contributed by atoms with Crippen LogP contribution in [-0.2, 0) is 26.2 Å². The first kappa shape index (κ1) is 25.1. The predicted octanol–water partition coefficient (Wildman–Crippen LogP) is 1.51. The van der Waals surface area contributed by atoms with Crippen LogP contribution in [0.4, 0.5) is 0 Å². The van der Waals surface area contributed by atoms with Crippen LogP contribution < -0.4 is 10.9 Å². The third kappa shape index (κ3) is 5.49. The van der Waals surface area contributed by atoms with E-state index in [1.165, 1.54) is 39.0 Å². The molecule has 0 radical (unpaired) electrons. The highest BCUT2D eigenvalue weighted by Gasteiger charge is 2.21. The van der Waals surface area contributed by atoms with Gasteiger partial charge in [-0.25, -0.2) is 13.4 Å². The first-order valence-electron chi connectivity index (χ1n) is 10.7. The van der Waals surface area contributed by atoms with Gasteiger partial charge in [0.25, 0.3) is 11.5 Å². The predicted molar refractivity (Wildman–Crippen MR) is 125 cm³/mol. The zero-order valence-corrected chi connectivity index (χ0v) is 20.0. The summed E-state index contributed by atoms with van der Waals surface area (Å²) in [7, 11) is -3.62. The molecular formula is C23H26N4O6S. The quantitative estimate of drug-likeness (QED) is 0.454. The Balaban J connectivity index is 1.57. The number of esters is 1. The second kappa shape index (κ2) is 10.6. The average molecular weight is 487 g/mol. The van der Waals surface area contributed by atoms with Crippen LogP contribution in [0.15, 0.2) is 58.2 Å². The van der Waals surface area contributed by atoms with Crippen molar-refractivity contribution >= 4 is 27.5 Å². The number of fused-ring (bicyclic) bond motifs is 1. The third-order valence-electron chi connectivity index (χ3n) is 5.17. The average Bonchev–Trinajstić information content (AvgIpc) is 2.81. The van der Waals surface area contributed by atoms with Crippen molar-refractivity contribution in [2.45, 2.75) is 32.3 Å². The second-order valence-corrected chi connectivity index (χ2v) is 9.34. The Labute approximate surface area is 197 Å². The van der Waals surface area contributed by atoms with E-state index in [-0.39, 0.29) is 22.6 Å². The van der Waals surface area contributed by atoms with E-state index in [1.807, 2.05) is 0 Å². The van der Waals surface area contributed by atoms with Gasteiger partial charge in [0.05, 0.1) is 10.6 Å². The molecule has 0 fully saturated rings.